The zero-order chi connectivity index (χ0) is 23.7. The van der Waals surface area contributed by atoms with Crippen LogP contribution in [0.15, 0.2) is 54.7 Å². The molecule has 2 aromatic carbocycles. The molecule has 0 saturated carbocycles. The predicted octanol–water partition coefficient (Wildman–Crippen LogP) is 3.73. The van der Waals surface area contributed by atoms with E-state index in [9.17, 15) is 0 Å². The number of ether oxygens (including phenoxy) is 2. The fourth-order valence-electron chi connectivity index (χ4n) is 4.88. The van der Waals surface area contributed by atoms with E-state index in [2.05, 4.69) is 68.7 Å². The van der Waals surface area contributed by atoms with Crippen molar-refractivity contribution in [2.24, 2.45) is 0 Å². The van der Waals surface area contributed by atoms with Crippen LogP contribution in [0.1, 0.15) is 60.1 Å². The zero-order valence-corrected chi connectivity index (χ0v) is 19.8. The van der Waals surface area contributed by atoms with Gasteiger partial charge in [0.25, 0.3) is 0 Å². The van der Waals surface area contributed by atoms with Gasteiger partial charge in [0.15, 0.2) is 5.82 Å². The number of tetrazole rings is 1. The van der Waals surface area contributed by atoms with Gasteiger partial charge in [-0.15, -0.1) is 5.10 Å². The molecule has 176 valence electrons. The minimum absolute atomic E-state index is 0.0660. The molecule has 5 rings (SSSR count). The van der Waals surface area contributed by atoms with Gasteiger partial charge < -0.3 is 9.47 Å². The Kier molecular flexibility index (Phi) is 6.02. The summed E-state index contributed by atoms with van der Waals surface area (Å²) in [6.45, 7) is 5.76. The van der Waals surface area contributed by atoms with Gasteiger partial charge in [0, 0.05) is 23.9 Å². The fourth-order valence-corrected chi connectivity index (χ4v) is 4.88. The van der Waals surface area contributed by atoms with Crippen LogP contribution in [-0.2, 0) is 6.54 Å². The highest BCUT2D eigenvalue weighted by atomic mass is 16.5. The van der Waals surface area contributed by atoms with Crippen molar-refractivity contribution < 1.29 is 9.47 Å². The van der Waals surface area contributed by atoms with Gasteiger partial charge in [0.05, 0.1) is 32.5 Å². The van der Waals surface area contributed by atoms with E-state index in [-0.39, 0.29) is 18.0 Å². The van der Waals surface area contributed by atoms with Crippen LogP contribution >= 0.6 is 0 Å². The number of fused-ring (bicyclic) bond motifs is 1. The Labute approximate surface area is 198 Å². The van der Waals surface area contributed by atoms with Crippen LogP contribution in [0.5, 0.6) is 11.5 Å². The molecule has 3 heterocycles. The number of aromatic amines is 1. The lowest BCUT2D eigenvalue weighted by Gasteiger charge is -2.41. The van der Waals surface area contributed by atoms with Crippen molar-refractivity contribution >= 4 is 0 Å². The summed E-state index contributed by atoms with van der Waals surface area (Å²) in [5, 5.41) is 20.4. The molecule has 0 fully saturated rings. The highest BCUT2D eigenvalue weighted by Gasteiger charge is 2.40. The summed E-state index contributed by atoms with van der Waals surface area (Å²) < 4.78 is 13.2. The number of nitrogens with zero attached hydrogens (tertiary/aromatic N) is 6. The maximum absolute atomic E-state index is 5.80. The Balaban J connectivity index is 1.73. The third kappa shape index (κ3) is 3.81. The quantitative estimate of drug-likeness (QED) is 0.450. The number of rotatable bonds is 7. The van der Waals surface area contributed by atoms with E-state index in [1.807, 2.05) is 35.1 Å². The summed E-state index contributed by atoms with van der Waals surface area (Å²) in [7, 11) is 3.35. The van der Waals surface area contributed by atoms with Gasteiger partial charge in [-0.3, -0.25) is 10.00 Å². The van der Waals surface area contributed by atoms with Crippen molar-refractivity contribution in [2.75, 3.05) is 20.8 Å². The maximum atomic E-state index is 5.80. The first-order valence-corrected chi connectivity index (χ1v) is 11.4. The van der Waals surface area contributed by atoms with Crippen molar-refractivity contribution in [2.45, 2.75) is 38.4 Å². The molecule has 0 bridgehead atoms. The molecular weight excluding hydrogens is 430 g/mol. The highest BCUT2D eigenvalue weighted by Crippen LogP contribution is 2.44. The molecule has 2 atom stereocenters. The van der Waals surface area contributed by atoms with Gasteiger partial charge >= 0.3 is 0 Å². The molecule has 2 unspecified atom stereocenters. The highest BCUT2D eigenvalue weighted by molar-refractivity contribution is 5.46. The number of hydrogen-bond acceptors (Lipinski definition) is 7. The third-order valence-electron chi connectivity index (χ3n) is 6.43. The van der Waals surface area contributed by atoms with Crippen LogP contribution in [-0.4, -0.2) is 56.1 Å². The Hall–Kier alpha value is -3.72. The summed E-state index contributed by atoms with van der Waals surface area (Å²) >= 11 is 0. The molecule has 1 N–H and O–H groups in total. The Morgan fingerprint density at radius 2 is 1.85 bits per heavy atom. The summed E-state index contributed by atoms with van der Waals surface area (Å²) in [5.41, 5.74) is 4.33. The van der Waals surface area contributed by atoms with Crippen molar-refractivity contribution in [1.29, 1.82) is 0 Å². The van der Waals surface area contributed by atoms with Gasteiger partial charge in [-0.25, -0.2) is 4.68 Å². The average molecular weight is 460 g/mol. The third-order valence-corrected chi connectivity index (χ3v) is 6.43. The molecule has 1 aliphatic heterocycles. The first kappa shape index (κ1) is 22.1. The number of nitrogens with one attached hydrogen (secondary N) is 1. The molecule has 4 aromatic rings. The van der Waals surface area contributed by atoms with Crippen molar-refractivity contribution in [1.82, 2.24) is 35.3 Å². The lowest BCUT2D eigenvalue weighted by Crippen LogP contribution is -2.42. The van der Waals surface area contributed by atoms with Crippen LogP contribution in [0, 0.1) is 0 Å². The standard InChI is InChI=1S/C25H29N7O2/c1-16(2)22-20(15-26-27-22)23(17-8-6-5-7-9-17)31-12-13-32-25(28-29-30-32)24(31)19-14-18(33-3)10-11-21(19)34-4/h5-11,14-16,23-24H,12-13H2,1-4H3,(H,26,27). The van der Waals surface area contributed by atoms with Crippen LogP contribution in [0.25, 0.3) is 0 Å². The van der Waals surface area contributed by atoms with E-state index in [0.29, 0.717) is 6.54 Å². The molecule has 0 amide bonds. The largest absolute Gasteiger partial charge is 0.497 e. The van der Waals surface area contributed by atoms with Gasteiger partial charge in [-0.05, 0) is 40.1 Å². The summed E-state index contributed by atoms with van der Waals surface area (Å²) in [6.07, 6.45) is 2.02. The molecule has 1 aliphatic rings. The van der Waals surface area contributed by atoms with Crippen LogP contribution < -0.4 is 9.47 Å². The smallest absolute Gasteiger partial charge is 0.173 e. The lowest BCUT2D eigenvalue weighted by atomic mass is 9.90. The molecule has 9 nitrogen and oxygen atoms in total. The van der Waals surface area contributed by atoms with E-state index in [4.69, 9.17) is 9.47 Å². The number of benzene rings is 2. The second kappa shape index (κ2) is 9.26. The van der Waals surface area contributed by atoms with E-state index >= 15 is 0 Å². The first-order valence-electron chi connectivity index (χ1n) is 11.4. The van der Waals surface area contributed by atoms with Crippen LogP contribution in [0.4, 0.5) is 0 Å². The Bertz CT molecular complexity index is 1250. The zero-order valence-electron chi connectivity index (χ0n) is 19.8. The fraction of sp³-hybridized carbons (Fsp3) is 0.360. The number of aromatic nitrogens is 6. The van der Waals surface area contributed by atoms with Crippen molar-refractivity contribution in [3.8, 4) is 11.5 Å². The molecule has 0 spiro atoms. The average Bonchev–Trinajstić information content (AvgIpc) is 3.54. The Morgan fingerprint density at radius 3 is 2.59 bits per heavy atom. The van der Waals surface area contributed by atoms with Gasteiger partial charge in [0.1, 0.15) is 17.5 Å². The molecule has 34 heavy (non-hydrogen) atoms. The van der Waals surface area contributed by atoms with Gasteiger partial charge in [-0.1, -0.05) is 44.2 Å². The normalized spacial score (nSPS) is 16.9. The monoisotopic (exact) mass is 459 g/mol. The summed E-state index contributed by atoms with van der Waals surface area (Å²) in [6, 6.07) is 16.1. The van der Waals surface area contributed by atoms with E-state index in [1.165, 1.54) is 5.56 Å². The first-order chi connectivity index (χ1) is 16.6. The minimum atomic E-state index is -0.256. The number of H-pyrrole nitrogens is 1. The Morgan fingerprint density at radius 1 is 1.03 bits per heavy atom. The molecule has 2 aromatic heterocycles. The second-order valence-electron chi connectivity index (χ2n) is 8.70. The minimum Gasteiger partial charge on any atom is -0.497 e. The van der Waals surface area contributed by atoms with Crippen LogP contribution in [0.3, 0.4) is 0 Å². The molecule has 9 heteroatoms. The lowest BCUT2D eigenvalue weighted by molar-refractivity contribution is 0.132. The van der Waals surface area contributed by atoms with E-state index in [1.54, 1.807) is 14.2 Å². The van der Waals surface area contributed by atoms with Crippen molar-refractivity contribution in [3.63, 3.8) is 0 Å². The predicted molar refractivity (Wildman–Crippen MR) is 127 cm³/mol. The molecular formula is C25H29N7O2. The topological polar surface area (TPSA) is 94.0 Å². The van der Waals surface area contributed by atoms with Crippen LogP contribution in [0.2, 0.25) is 0 Å². The molecule has 0 aliphatic carbocycles. The van der Waals surface area contributed by atoms with E-state index in [0.717, 1.165) is 40.7 Å². The second-order valence-corrected chi connectivity index (χ2v) is 8.70. The maximum Gasteiger partial charge on any atom is 0.173 e. The summed E-state index contributed by atoms with van der Waals surface area (Å²) in [5.74, 6) is 2.55. The van der Waals surface area contributed by atoms with Gasteiger partial charge in [0.2, 0.25) is 0 Å². The van der Waals surface area contributed by atoms with E-state index < -0.39 is 0 Å². The van der Waals surface area contributed by atoms with Crippen molar-refractivity contribution in [3.05, 3.63) is 82.9 Å². The SMILES string of the molecule is COc1ccc(OC)c(C2c3nnnn3CCN2C(c2ccccc2)c2c[nH]nc2C(C)C)c1. The molecule has 0 saturated heterocycles. The number of hydrogen-bond donors (Lipinski definition) is 1. The molecule has 0 radical (unpaired) electrons. The number of methoxy groups -OCH3 is 2. The summed E-state index contributed by atoms with van der Waals surface area (Å²) in [4.78, 5) is 2.44. The van der Waals surface area contributed by atoms with Gasteiger partial charge in [-0.2, -0.15) is 5.10 Å².